The molecule has 0 amide bonds. The monoisotopic (exact) mass is 551 g/mol. The van der Waals surface area contributed by atoms with Gasteiger partial charge in [0.15, 0.2) is 0 Å². The number of rotatable bonds is 8. The van der Waals surface area contributed by atoms with Crippen molar-refractivity contribution in [3.05, 3.63) is 121 Å². The Kier molecular flexibility index (Phi) is 10.1. The third-order valence-electron chi connectivity index (χ3n) is 5.04. The first kappa shape index (κ1) is 24.5. The van der Waals surface area contributed by atoms with Crippen LogP contribution in [0.15, 0.2) is 121 Å². The summed E-state index contributed by atoms with van der Waals surface area (Å²) in [7, 11) is -0.796. The normalized spacial score (nSPS) is 11.9. The first-order chi connectivity index (χ1) is 14.8. The first-order valence-electron chi connectivity index (χ1n) is 10.2. The van der Waals surface area contributed by atoms with Gasteiger partial charge >= 0.3 is 194 Å². The molecule has 0 radical (unpaired) electrons. The van der Waals surface area contributed by atoms with E-state index in [1.165, 1.54) is 27.4 Å². The second kappa shape index (κ2) is 12.8. The molecular weight excluding hydrogens is 524 g/mol. The molecule has 0 aliphatic rings. The van der Waals surface area contributed by atoms with E-state index in [1.54, 1.807) is 0 Å². The average Bonchev–Trinajstić information content (AvgIpc) is 2.82. The van der Waals surface area contributed by atoms with Crippen molar-refractivity contribution >= 4 is 47.0 Å². The molecule has 4 aromatic carbocycles. The van der Waals surface area contributed by atoms with E-state index in [9.17, 15) is 0 Å². The Balaban J connectivity index is 0.00000272. The van der Waals surface area contributed by atoms with E-state index in [1.807, 2.05) is 0 Å². The van der Waals surface area contributed by atoms with E-state index in [0.29, 0.717) is 4.13 Å². The van der Waals surface area contributed by atoms with Gasteiger partial charge in [-0.05, 0) is 0 Å². The van der Waals surface area contributed by atoms with E-state index in [-0.39, 0.29) is 17.8 Å². The summed E-state index contributed by atoms with van der Waals surface area (Å²) in [5.41, 5.74) is 0. The predicted molar refractivity (Wildman–Crippen MR) is 143 cm³/mol. The molecule has 0 aliphatic carbocycles. The van der Waals surface area contributed by atoms with Crippen molar-refractivity contribution in [2.24, 2.45) is 0 Å². The molecule has 0 heterocycles. The Bertz CT molecular complexity index is 932. The summed E-state index contributed by atoms with van der Waals surface area (Å²) >= 11 is 3.80. The zero-order valence-electron chi connectivity index (χ0n) is 17.5. The molecule has 31 heavy (non-hydrogen) atoms. The summed E-state index contributed by atoms with van der Waals surface area (Å²) < 4.78 is 0.477. The molecule has 0 aliphatic heterocycles. The van der Waals surface area contributed by atoms with Crippen LogP contribution in [0, 0.1) is 0 Å². The van der Waals surface area contributed by atoms with Gasteiger partial charge in [0, 0.05) is 0 Å². The number of hydrogen-bond acceptors (Lipinski definition) is 0. The van der Waals surface area contributed by atoms with E-state index >= 15 is 0 Å². The van der Waals surface area contributed by atoms with Crippen molar-refractivity contribution in [2.75, 3.05) is 6.16 Å². The van der Waals surface area contributed by atoms with Gasteiger partial charge in [0.25, 0.3) is 0 Å². The summed E-state index contributed by atoms with van der Waals surface area (Å²) in [6, 6.07) is 44.1. The zero-order valence-corrected chi connectivity index (χ0v) is 22.2. The summed E-state index contributed by atoms with van der Waals surface area (Å²) in [5, 5.41) is 5.82. The molecule has 0 saturated heterocycles. The van der Waals surface area contributed by atoms with Crippen LogP contribution < -0.4 is 21.2 Å². The fraction of sp³-hybridized carbons (Fsp3) is 0.111. The molecule has 2 atom stereocenters. The Hall–Kier alpha value is -1.17. The standard InChI is InChI=1S/C27H25P2.H3P.Pd/c1-5-14-24(15-6-1)28(25-16-7-2-8-17-25)22-13-23-29(26-18-9-3-10-19-26)27-20-11-4-12-21-27;;/h1-12,14-22H,13,23H2;1H3;. The third kappa shape index (κ3) is 6.66. The van der Waals surface area contributed by atoms with Crippen molar-refractivity contribution in [1.29, 1.82) is 0 Å². The van der Waals surface area contributed by atoms with Crippen molar-refractivity contribution in [1.82, 2.24) is 0 Å². The van der Waals surface area contributed by atoms with Crippen LogP contribution >= 0.6 is 25.7 Å². The van der Waals surface area contributed by atoms with E-state index < -0.39 is 7.92 Å². The van der Waals surface area contributed by atoms with E-state index in [0.717, 1.165) is 6.42 Å². The number of hydrogen-bond donors (Lipinski definition) is 0. The molecule has 0 spiro atoms. The van der Waals surface area contributed by atoms with Crippen LogP contribution in [0.5, 0.6) is 0 Å². The first-order valence-corrected chi connectivity index (χ1v) is 14.0. The van der Waals surface area contributed by atoms with Gasteiger partial charge in [0.05, 0.1) is 0 Å². The van der Waals surface area contributed by atoms with Crippen LogP contribution in [0.25, 0.3) is 0 Å². The zero-order chi connectivity index (χ0) is 20.6. The molecule has 0 nitrogen and oxygen atoms in total. The molecule has 161 valence electrons. The number of benzene rings is 4. The van der Waals surface area contributed by atoms with Crippen molar-refractivity contribution < 1.29 is 19.2 Å². The van der Waals surface area contributed by atoms with Gasteiger partial charge in [-0.15, -0.1) is 0 Å². The summed E-state index contributed by atoms with van der Waals surface area (Å²) in [6.45, 7) is 0. The minimum absolute atomic E-state index is 0. The fourth-order valence-corrected chi connectivity index (χ4v) is 10.4. The molecule has 2 unspecified atom stereocenters. The summed E-state index contributed by atoms with van der Waals surface area (Å²) in [6.07, 6.45) is 2.35. The molecule has 0 N–H and O–H groups in total. The summed E-state index contributed by atoms with van der Waals surface area (Å²) in [5.74, 6) is 0. The average molecular weight is 552 g/mol. The third-order valence-corrected chi connectivity index (χ3v) is 11.7. The van der Waals surface area contributed by atoms with Crippen LogP contribution in [0.4, 0.5) is 0 Å². The SMILES string of the molecule is P.[Pd][CH](CCP(c1ccccc1)c1ccccc1)P(c1ccccc1)c1ccccc1. The fourth-order valence-electron chi connectivity index (χ4n) is 3.61. The quantitative estimate of drug-likeness (QED) is 0.198. The molecule has 0 saturated carbocycles. The van der Waals surface area contributed by atoms with E-state index in [4.69, 9.17) is 0 Å². The van der Waals surface area contributed by atoms with Crippen LogP contribution in [0.1, 0.15) is 6.42 Å². The van der Waals surface area contributed by atoms with Crippen LogP contribution in [-0.4, -0.2) is 10.3 Å². The maximum atomic E-state index is 3.80. The molecule has 0 bridgehead atoms. The van der Waals surface area contributed by atoms with Gasteiger partial charge in [0.1, 0.15) is 0 Å². The molecule has 4 rings (SSSR count). The Morgan fingerprint density at radius 2 is 0.839 bits per heavy atom. The second-order valence-corrected chi connectivity index (χ2v) is 13.5. The Morgan fingerprint density at radius 1 is 0.516 bits per heavy atom. The predicted octanol–water partition coefficient (Wildman–Crippen LogP) is 5.57. The van der Waals surface area contributed by atoms with Crippen LogP contribution in [-0.2, 0) is 19.2 Å². The van der Waals surface area contributed by atoms with Gasteiger partial charge in [-0.2, -0.15) is 9.90 Å². The second-order valence-electron chi connectivity index (χ2n) is 7.05. The topological polar surface area (TPSA) is 0 Å². The van der Waals surface area contributed by atoms with Crippen LogP contribution in [0.3, 0.4) is 0 Å². The molecule has 4 aromatic rings. The van der Waals surface area contributed by atoms with Gasteiger partial charge in [-0.3, -0.25) is 0 Å². The molecule has 0 aromatic heterocycles. The van der Waals surface area contributed by atoms with Crippen molar-refractivity contribution in [3.63, 3.8) is 0 Å². The van der Waals surface area contributed by atoms with Gasteiger partial charge in [-0.1, -0.05) is 0 Å². The molecular formula is C27H28P3Pd. The van der Waals surface area contributed by atoms with Crippen LogP contribution in [0.2, 0.25) is 0 Å². The Labute approximate surface area is 203 Å². The summed E-state index contributed by atoms with van der Waals surface area (Å²) in [4.78, 5) is 0. The van der Waals surface area contributed by atoms with Gasteiger partial charge in [-0.25, -0.2) is 0 Å². The van der Waals surface area contributed by atoms with Gasteiger partial charge < -0.3 is 0 Å². The molecule has 0 fully saturated rings. The van der Waals surface area contributed by atoms with Crippen molar-refractivity contribution in [3.8, 4) is 0 Å². The Morgan fingerprint density at radius 3 is 1.19 bits per heavy atom. The molecule has 4 heteroatoms. The minimum atomic E-state index is -0.437. The van der Waals surface area contributed by atoms with Gasteiger partial charge in [0.2, 0.25) is 0 Å². The maximum absolute atomic E-state index is 3.80. The van der Waals surface area contributed by atoms with E-state index in [2.05, 4.69) is 141 Å². The van der Waals surface area contributed by atoms with Crippen molar-refractivity contribution in [2.45, 2.75) is 10.6 Å².